The molecule has 41 heavy (non-hydrogen) atoms. The molecule has 1 aliphatic heterocycles. The van der Waals surface area contributed by atoms with Gasteiger partial charge in [0, 0.05) is 11.3 Å². The number of anilines is 1. The number of carboxylic acids is 1. The van der Waals surface area contributed by atoms with Gasteiger partial charge in [0.15, 0.2) is 0 Å². The minimum Gasteiger partial charge on any atom is -0.489 e. The van der Waals surface area contributed by atoms with Crippen LogP contribution in [0.25, 0.3) is 0 Å². The average molecular weight is 582 g/mol. The first-order chi connectivity index (χ1) is 19.1. The van der Waals surface area contributed by atoms with Crippen LogP contribution in [0.4, 0.5) is 32.0 Å². The van der Waals surface area contributed by atoms with E-state index in [1.807, 2.05) is 0 Å². The summed E-state index contributed by atoms with van der Waals surface area (Å²) in [5.74, 6) is -2.08. The van der Waals surface area contributed by atoms with Crippen molar-refractivity contribution >= 4 is 17.6 Å². The molecular formula is C29H25F6NO5. The predicted molar refractivity (Wildman–Crippen MR) is 136 cm³/mol. The van der Waals surface area contributed by atoms with E-state index in [9.17, 15) is 41.0 Å². The van der Waals surface area contributed by atoms with Crippen molar-refractivity contribution in [1.82, 2.24) is 0 Å². The molecule has 12 heteroatoms. The van der Waals surface area contributed by atoms with E-state index < -0.39 is 47.4 Å². The van der Waals surface area contributed by atoms with E-state index in [1.165, 1.54) is 29.2 Å². The van der Waals surface area contributed by atoms with Gasteiger partial charge in [0.2, 0.25) is 5.91 Å². The number of fused-ring (bicyclic) bond motifs is 1. The van der Waals surface area contributed by atoms with Gasteiger partial charge in [-0.05, 0) is 61.2 Å². The van der Waals surface area contributed by atoms with Crippen molar-refractivity contribution in [3.05, 3.63) is 95.1 Å². The molecule has 0 saturated heterocycles. The predicted octanol–water partition coefficient (Wildman–Crippen LogP) is 6.23. The topological polar surface area (TPSA) is 87.1 Å². The Hall–Kier alpha value is -4.06. The first-order valence-electron chi connectivity index (χ1n) is 12.5. The number of nitrogens with zero attached hydrogens (tertiary/aromatic N) is 1. The third kappa shape index (κ3) is 5.88. The van der Waals surface area contributed by atoms with Crippen LogP contribution in [0.3, 0.4) is 0 Å². The lowest BCUT2D eigenvalue weighted by Crippen LogP contribution is -2.54. The van der Waals surface area contributed by atoms with Gasteiger partial charge in [-0.2, -0.15) is 26.3 Å². The van der Waals surface area contributed by atoms with Crippen molar-refractivity contribution in [2.75, 3.05) is 11.4 Å². The van der Waals surface area contributed by atoms with Crippen LogP contribution in [0, 0.1) is 0 Å². The van der Waals surface area contributed by atoms with Gasteiger partial charge in [-0.1, -0.05) is 42.5 Å². The van der Waals surface area contributed by atoms with Crippen molar-refractivity contribution in [1.29, 1.82) is 0 Å². The number of aromatic carboxylic acids is 1. The molecule has 2 N–H and O–H groups in total. The van der Waals surface area contributed by atoms with Crippen molar-refractivity contribution in [3.8, 4) is 5.75 Å². The van der Waals surface area contributed by atoms with Crippen LogP contribution in [-0.4, -0.2) is 47.1 Å². The number of carbonyl (C=O) groups is 2. The molecule has 6 nitrogen and oxygen atoms in total. The first kappa shape index (κ1) is 29.9. The molecule has 0 radical (unpaired) electrons. The summed E-state index contributed by atoms with van der Waals surface area (Å²) in [6.07, 6.45) is -12.9. The molecule has 0 aromatic heterocycles. The highest BCUT2D eigenvalue weighted by atomic mass is 19.4. The summed E-state index contributed by atoms with van der Waals surface area (Å²) in [5.41, 5.74) is -5.78. The third-order valence-corrected chi connectivity index (χ3v) is 7.07. The van der Waals surface area contributed by atoms with Crippen LogP contribution in [0.15, 0.2) is 72.8 Å². The van der Waals surface area contributed by atoms with Crippen LogP contribution in [-0.2, 0) is 16.8 Å². The number of aliphatic hydroxyl groups is 1. The second kappa shape index (κ2) is 11.1. The van der Waals surface area contributed by atoms with E-state index >= 15 is 0 Å². The van der Waals surface area contributed by atoms with Gasteiger partial charge in [0.25, 0.3) is 5.60 Å². The highest BCUT2D eigenvalue weighted by Crippen LogP contribution is 2.51. The summed E-state index contributed by atoms with van der Waals surface area (Å²) in [4.78, 5) is 26.1. The van der Waals surface area contributed by atoms with E-state index in [4.69, 9.17) is 9.84 Å². The maximum atomic E-state index is 13.7. The lowest BCUT2D eigenvalue weighted by Gasteiger charge is -2.34. The van der Waals surface area contributed by atoms with Crippen LogP contribution in [0.5, 0.6) is 5.75 Å². The van der Waals surface area contributed by atoms with E-state index in [2.05, 4.69) is 0 Å². The summed E-state index contributed by atoms with van der Waals surface area (Å²) in [5, 5.41) is 19.1. The monoisotopic (exact) mass is 581 g/mol. The molecule has 0 aliphatic carbocycles. The molecule has 0 bridgehead atoms. The fraction of sp³-hybridized carbons (Fsp3) is 0.310. The summed E-state index contributed by atoms with van der Waals surface area (Å²) in [6.45, 7) is 1.54. The van der Waals surface area contributed by atoms with Gasteiger partial charge in [0.1, 0.15) is 11.9 Å². The standard InChI is InChI=1S/C29H25F6NO5/c1-17(18-5-3-2-4-6-18)25(37)36-16-23(41-22-11-7-19(8-12-22)26(38)39)13-9-20-15-21(10-14-24(20)36)27(40,28(30,31)32)29(33,34)35/h2-8,10-12,14-15,17,23,40H,9,13,16H2,1H3,(H,38,39)/t17-,23-/m0/s1. The molecule has 0 spiro atoms. The molecule has 3 aromatic carbocycles. The third-order valence-electron chi connectivity index (χ3n) is 7.07. The molecule has 1 heterocycles. The first-order valence-corrected chi connectivity index (χ1v) is 12.5. The second-order valence-electron chi connectivity index (χ2n) is 9.74. The van der Waals surface area contributed by atoms with E-state index in [0.29, 0.717) is 17.7 Å². The number of aryl methyl sites for hydroxylation is 1. The summed E-state index contributed by atoms with van der Waals surface area (Å²) in [7, 11) is 0. The molecule has 0 unspecified atom stereocenters. The fourth-order valence-electron chi connectivity index (χ4n) is 4.76. The molecule has 3 aromatic rings. The Morgan fingerprint density at radius 1 is 0.927 bits per heavy atom. The molecule has 1 aliphatic rings. The number of carboxylic acid groups (broad SMARTS) is 1. The molecule has 4 rings (SSSR count). The smallest absolute Gasteiger partial charge is 0.430 e. The zero-order valence-corrected chi connectivity index (χ0v) is 21.5. The number of hydrogen-bond acceptors (Lipinski definition) is 4. The van der Waals surface area contributed by atoms with E-state index in [-0.39, 0.29) is 42.0 Å². The fourth-order valence-corrected chi connectivity index (χ4v) is 4.76. The Kier molecular flexibility index (Phi) is 8.08. The number of alkyl halides is 6. The lowest BCUT2D eigenvalue weighted by molar-refractivity contribution is -0.376. The SMILES string of the molecule is C[C@H](C(=O)N1C[C@@H](Oc2ccc(C(=O)O)cc2)CCc2cc(C(O)(C(F)(F)F)C(F)(F)F)ccc21)c1ccccc1. The lowest BCUT2D eigenvalue weighted by atomic mass is 9.89. The molecule has 0 fully saturated rings. The number of hydrogen-bond donors (Lipinski definition) is 2. The van der Waals surface area contributed by atoms with Crippen LogP contribution >= 0.6 is 0 Å². The van der Waals surface area contributed by atoms with E-state index in [0.717, 1.165) is 6.07 Å². The van der Waals surface area contributed by atoms with Gasteiger partial charge in [-0.3, -0.25) is 4.79 Å². The Morgan fingerprint density at radius 3 is 2.10 bits per heavy atom. The van der Waals surface area contributed by atoms with Gasteiger partial charge in [0.05, 0.1) is 18.0 Å². The number of ether oxygens (including phenoxy) is 1. The summed E-state index contributed by atoms with van der Waals surface area (Å²) >= 11 is 0. The molecule has 218 valence electrons. The Labute approximate surface area is 230 Å². The normalized spacial score (nSPS) is 16.9. The largest absolute Gasteiger partial charge is 0.489 e. The summed E-state index contributed by atoms with van der Waals surface area (Å²) < 4.78 is 87.5. The Bertz CT molecular complexity index is 1390. The van der Waals surface area contributed by atoms with Crippen molar-refractivity contribution in [2.24, 2.45) is 0 Å². The van der Waals surface area contributed by atoms with Crippen molar-refractivity contribution in [3.63, 3.8) is 0 Å². The second-order valence-corrected chi connectivity index (χ2v) is 9.74. The molecule has 0 saturated carbocycles. The zero-order valence-electron chi connectivity index (χ0n) is 21.5. The molecular weight excluding hydrogens is 556 g/mol. The van der Waals surface area contributed by atoms with Crippen LogP contribution in [0.1, 0.15) is 46.3 Å². The molecule has 1 amide bonds. The number of rotatable bonds is 6. The molecule has 2 atom stereocenters. The maximum Gasteiger partial charge on any atom is 0.430 e. The van der Waals surface area contributed by atoms with Gasteiger partial charge in [-0.15, -0.1) is 0 Å². The number of halogens is 6. The van der Waals surface area contributed by atoms with Gasteiger partial charge in [-0.25, -0.2) is 4.79 Å². The van der Waals surface area contributed by atoms with Gasteiger partial charge >= 0.3 is 18.3 Å². The van der Waals surface area contributed by atoms with E-state index in [1.54, 1.807) is 37.3 Å². The zero-order chi connectivity index (χ0) is 30.2. The average Bonchev–Trinajstić information content (AvgIpc) is 3.10. The summed E-state index contributed by atoms with van der Waals surface area (Å²) in [6, 6.07) is 16.2. The quantitative estimate of drug-likeness (QED) is 0.337. The minimum atomic E-state index is -6.06. The van der Waals surface area contributed by atoms with Crippen molar-refractivity contribution < 1.29 is 50.9 Å². The minimum absolute atomic E-state index is 0.00429. The Balaban J connectivity index is 1.75. The highest BCUT2D eigenvalue weighted by Gasteiger charge is 2.71. The maximum absolute atomic E-state index is 13.7. The number of carbonyl (C=O) groups excluding carboxylic acids is 1. The van der Waals surface area contributed by atoms with Crippen molar-refractivity contribution in [2.45, 2.75) is 49.7 Å². The highest BCUT2D eigenvalue weighted by molar-refractivity contribution is 5.98. The van der Waals surface area contributed by atoms with Gasteiger partial charge < -0.3 is 19.8 Å². The Morgan fingerprint density at radius 2 is 1.54 bits per heavy atom. The number of amides is 1. The van der Waals surface area contributed by atoms with Crippen LogP contribution < -0.4 is 9.64 Å². The van der Waals surface area contributed by atoms with Crippen LogP contribution in [0.2, 0.25) is 0 Å². The number of benzene rings is 3.